The number of hydrogen-bond donors (Lipinski definition) is 1. The number of carbonyl (C=O) groups excluding carboxylic acids is 1. The summed E-state index contributed by atoms with van der Waals surface area (Å²) in [6.45, 7) is 1.98. The molecular formula is C18H22O4. The van der Waals surface area contributed by atoms with E-state index in [1.165, 1.54) is 7.11 Å². The van der Waals surface area contributed by atoms with Crippen molar-refractivity contribution in [2.24, 2.45) is 0 Å². The second-order valence-electron chi connectivity index (χ2n) is 5.23. The number of esters is 1. The standard InChI is InChI=1S/C18H22O4/c1-13-16(18(20)21-2)15(11-7-4-8-12-19)17(22-13)14-9-5-3-6-10-14/h3,5-6,9-10,19H,4,7-8,11-12H2,1-2H3. The molecule has 0 saturated heterocycles. The van der Waals surface area contributed by atoms with Crippen molar-refractivity contribution >= 4 is 5.97 Å². The minimum absolute atomic E-state index is 0.194. The molecule has 1 aromatic carbocycles. The molecule has 118 valence electrons. The Kier molecular flexibility index (Phi) is 5.78. The van der Waals surface area contributed by atoms with Crippen molar-refractivity contribution in [1.29, 1.82) is 0 Å². The third-order valence-electron chi connectivity index (χ3n) is 3.69. The third-order valence-corrected chi connectivity index (χ3v) is 3.69. The van der Waals surface area contributed by atoms with Crippen molar-refractivity contribution in [3.05, 3.63) is 47.2 Å². The van der Waals surface area contributed by atoms with Gasteiger partial charge in [0, 0.05) is 17.7 Å². The van der Waals surface area contributed by atoms with E-state index in [-0.39, 0.29) is 12.6 Å². The summed E-state index contributed by atoms with van der Waals surface area (Å²) in [5, 5.41) is 8.89. The third kappa shape index (κ3) is 3.57. The van der Waals surface area contributed by atoms with Crippen molar-refractivity contribution in [1.82, 2.24) is 0 Å². The molecule has 0 unspecified atom stereocenters. The Morgan fingerprint density at radius 1 is 1.18 bits per heavy atom. The highest BCUT2D eigenvalue weighted by molar-refractivity contribution is 5.94. The summed E-state index contributed by atoms with van der Waals surface area (Å²) >= 11 is 0. The number of aryl methyl sites for hydroxylation is 1. The molecule has 0 aliphatic carbocycles. The van der Waals surface area contributed by atoms with Gasteiger partial charge in [0.2, 0.25) is 0 Å². The molecular weight excluding hydrogens is 280 g/mol. The maximum atomic E-state index is 12.1. The Morgan fingerprint density at radius 2 is 1.91 bits per heavy atom. The fourth-order valence-electron chi connectivity index (χ4n) is 2.61. The van der Waals surface area contributed by atoms with E-state index < -0.39 is 0 Å². The van der Waals surface area contributed by atoms with Crippen LogP contribution in [0.2, 0.25) is 0 Å². The number of rotatable bonds is 7. The van der Waals surface area contributed by atoms with Gasteiger partial charge in [-0.1, -0.05) is 36.8 Å². The van der Waals surface area contributed by atoms with Gasteiger partial charge in [-0.3, -0.25) is 0 Å². The average molecular weight is 302 g/mol. The van der Waals surface area contributed by atoms with Crippen LogP contribution in [0.25, 0.3) is 11.3 Å². The summed E-state index contributed by atoms with van der Waals surface area (Å²) in [4.78, 5) is 12.1. The molecule has 0 aliphatic rings. The van der Waals surface area contributed by atoms with Gasteiger partial charge in [0.1, 0.15) is 17.1 Å². The SMILES string of the molecule is COC(=O)c1c(C)oc(-c2ccccc2)c1CCCCCO. The molecule has 4 heteroatoms. The normalized spacial score (nSPS) is 10.7. The van der Waals surface area contributed by atoms with Crippen LogP contribution in [0, 0.1) is 6.92 Å². The first kappa shape index (κ1) is 16.3. The van der Waals surface area contributed by atoms with Crippen LogP contribution in [0.5, 0.6) is 0 Å². The Balaban J connectivity index is 2.38. The molecule has 0 aliphatic heterocycles. The molecule has 2 aromatic rings. The van der Waals surface area contributed by atoms with Crippen molar-refractivity contribution in [2.75, 3.05) is 13.7 Å². The molecule has 0 radical (unpaired) electrons. The number of aliphatic hydroxyl groups is 1. The molecule has 0 spiro atoms. The van der Waals surface area contributed by atoms with Gasteiger partial charge in [-0.05, 0) is 26.2 Å². The summed E-state index contributed by atoms with van der Waals surface area (Å²) < 4.78 is 10.8. The van der Waals surface area contributed by atoms with E-state index in [2.05, 4.69) is 0 Å². The van der Waals surface area contributed by atoms with Crippen molar-refractivity contribution in [3.63, 3.8) is 0 Å². The van der Waals surface area contributed by atoms with Crippen LogP contribution in [-0.4, -0.2) is 24.8 Å². The summed E-state index contributed by atoms with van der Waals surface area (Å²) in [5.74, 6) is 0.964. The predicted molar refractivity (Wildman–Crippen MR) is 84.9 cm³/mol. The number of carbonyl (C=O) groups is 1. The summed E-state index contributed by atoms with van der Waals surface area (Å²) in [5.41, 5.74) is 2.39. The highest BCUT2D eigenvalue weighted by Crippen LogP contribution is 2.33. The largest absolute Gasteiger partial charge is 0.465 e. The van der Waals surface area contributed by atoms with Crippen LogP contribution in [-0.2, 0) is 11.2 Å². The lowest BCUT2D eigenvalue weighted by Gasteiger charge is -2.05. The lowest BCUT2D eigenvalue weighted by Crippen LogP contribution is -2.05. The van der Waals surface area contributed by atoms with E-state index >= 15 is 0 Å². The van der Waals surface area contributed by atoms with E-state index in [1.807, 2.05) is 30.3 Å². The molecule has 0 bridgehead atoms. The second kappa shape index (κ2) is 7.80. The Bertz CT molecular complexity index is 614. The zero-order chi connectivity index (χ0) is 15.9. The summed E-state index contributed by atoms with van der Waals surface area (Å²) in [7, 11) is 1.38. The number of aliphatic hydroxyl groups excluding tert-OH is 1. The predicted octanol–water partition coefficient (Wildman–Crippen LogP) is 3.75. The molecule has 4 nitrogen and oxygen atoms in total. The quantitative estimate of drug-likeness (QED) is 0.625. The number of methoxy groups -OCH3 is 1. The lowest BCUT2D eigenvalue weighted by atomic mass is 9.98. The van der Waals surface area contributed by atoms with Crippen LogP contribution < -0.4 is 0 Å². The minimum Gasteiger partial charge on any atom is -0.465 e. The smallest absolute Gasteiger partial charge is 0.341 e. The molecule has 0 saturated carbocycles. The van der Waals surface area contributed by atoms with E-state index in [0.717, 1.165) is 42.6 Å². The monoisotopic (exact) mass is 302 g/mol. The first-order valence-corrected chi connectivity index (χ1v) is 7.56. The topological polar surface area (TPSA) is 59.7 Å². The Hall–Kier alpha value is -2.07. The van der Waals surface area contributed by atoms with Crippen LogP contribution >= 0.6 is 0 Å². The highest BCUT2D eigenvalue weighted by atomic mass is 16.5. The van der Waals surface area contributed by atoms with Gasteiger partial charge < -0.3 is 14.3 Å². The van der Waals surface area contributed by atoms with E-state index in [9.17, 15) is 4.79 Å². The van der Waals surface area contributed by atoms with Gasteiger partial charge in [-0.2, -0.15) is 0 Å². The number of unbranched alkanes of at least 4 members (excludes halogenated alkanes) is 2. The fraction of sp³-hybridized carbons (Fsp3) is 0.389. The highest BCUT2D eigenvalue weighted by Gasteiger charge is 2.24. The van der Waals surface area contributed by atoms with E-state index in [4.69, 9.17) is 14.3 Å². The number of benzene rings is 1. The van der Waals surface area contributed by atoms with Crippen molar-refractivity contribution < 1.29 is 19.1 Å². The molecule has 1 aromatic heterocycles. The summed E-state index contributed by atoms with van der Waals surface area (Å²) in [6.07, 6.45) is 3.30. The van der Waals surface area contributed by atoms with Gasteiger partial charge in [0.05, 0.1) is 7.11 Å². The van der Waals surface area contributed by atoms with Crippen molar-refractivity contribution in [2.45, 2.75) is 32.6 Å². The van der Waals surface area contributed by atoms with Gasteiger partial charge in [-0.25, -0.2) is 4.79 Å². The number of ether oxygens (including phenoxy) is 1. The Labute approximate surface area is 130 Å². The maximum absolute atomic E-state index is 12.1. The zero-order valence-corrected chi connectivity index (χ0v) is 13.1. The molecule has 1 heterocycles. The van der Waals surface area contributed by atoms with Gasteiger partial charge in [0.25, 0.3) is 0 Å². The fourth-order valence-corrected chi connectivity index (χ4v) is 2.61. The molecule has 2 rings (SSSR count). The number of hydrogen-bond acceptors (Lipinski definition) is 4. The molecule has 1 N–H and O–H groups in total. The second-order valence-corrected chi connectivity index (χ2v) is 5.23. The van der Waals surface area contributed by atoms with Crippen LogP contribution in [0.4, 0.5) is 0 Å². The van der Waals surface area contributed by atoms with E-state index in [0.29, 0.717) is 11.3 Å². The van der Waals surface area contributed by atoms with Gasteiger partial charge in [-0.15, -0.1) is 0 Å². The van der Waals surface area contributed by atoms with Crippen molar-refractivity contribution in [3.8, 4) is 11.3 Å². The first-order valence-electron chi connectivity index (χ1n) is 7.56. The Morgan fingerprint density at radius 3 is 2.55 bits per heavy atom. The zero-order valence-electron chi connectivity index (χ0n) is 13.1. The van der Waals surface area contributed by atoms with Gasteiger partial charge >= 0.3 is 5.97 Å². The minimum atomic E-state index is -0.361. The van der Waals surface area contributed by atoms with Crippen LogP contribution in [0.1, 0.15) is 40.9 Å². The molecule has 0 fully saturated rings. The van der Waals surface area contributed by atoms with Crippen LogP contribution in [0.15, 0.2) is 34.7 Å². The molecule has 0 amide bonds. The van der Waals surface area contributed by atoms with Gasteiger partial charge in [0.15, 0.2) is 0 Å². The van der Waals surface area contributed by atoms with Crippen LogP contribution in [0.3, 0.4) is 0 Å². The lowest BCUT2D eigenvalue weighted by molar-refractivity contribution is 0.0597. The average Bonchev–Trinajstić information content (AvgIpc) is 2.88. The summed E-state index contributed by atoms with van der Waals surface area (Å²) in [6, 6.07) is 9.77. The maximum Gasteiger partial charge on any atom is 0.341 e. The molecule has 22 heavy (non-hydrogen) atoms. The number of furan rings is 1. The first-order chi connectivity index (χ1) is 10.7. The van der Waals surface area contributed by atoms with E-state index in [1.54, 1.807) is 6.92 Å². The molecule has 0 atom stereocenters.